The van der Waals surface area contributed by atoms with Gasteiger partial charge in [-0.3, -0.25) is 15.0 Å². The molecular formula is C32H33FN4O5S. The van der Waals surface area contributed by atoms with Crippen LogP contribution >= 0.6 is 0 Å². The number of rotatable bonds is 10. The number of carbonyl (C=O) groups is 2. The summed E-state index contributed by atoms with van der Waals surface area (Å²) in [7, 11) is -4.33. The number of aryl methyl sites for hydroxylation is 1. The number of halogens is 1. The van der Waals surface area contributed by atoms with Gasteiger partial charge in [0.2, 0.25) is 0 Å². The molecule has 224 valence electrons. The number of nitrogens with one attached hydrogen (secondary N) is 3. The number of hydrogen-bond donors (Lipinski definition) is 3. The van der Waals surface area contributed by atoms with Crippen LogP contribution in [0.3, 0.4) is 0 Å². The van der Waals surface area contributed by atoms with Gasteiger partial charge in [0.1, 0.15) is 24.6 Å². The summed E-state index contributed by atoms with van der Waals surface area (Å²) in [6, 6.07) is 19.6. The molecule has 1 aliphatic carbocycles. The lowest BCUT2D eigenvalue weighted by molar-refractivity contribution is -0.117. The molecule has 11 heteroatoms. The van der Waals surface area contributed by atoms with Crippen molar-refractivity contribution in [2.24, 2.45) is 0 Å². The van der Waals surface area contributed by atoms with Crippen LogP contribution in [0.25, 0.3) is 0 Å². The van der Waals surface area contributed by atoms with Crippen molar-refractivity contribution in [3.8, 4) is 5.75 Å². The minimum atomic E-state index is -4.33. The van der Waals surface area contributed by atoms with Crippen LogP contribution in [0.15, 0.2) is 91.0 Å². The Morgan fingerprint density at radius 2 is 1.86 bits per heavy atom. The molecule has 3 N–H and O–H groups in total. The molecule has 0 radical (unpaired) electrons. The molecule has 0 saturated carbocycles. The van der Waals surface area contributed by atoms with Gasteiger partial charge in [0, 0.05) is 11.1 Å². The molecule has 1 heterocycles. The fourth-order valence-corrected chi connectivity index (χ4v) is 6.47. The molecule has 1 unspecified atom stereocenters. The van der Waals surface area contributed by atoms with Crippen molar-refractivity contribution < 1.29 is 27.1 Å². The summed E-state index contributed by atoms with van der Waals surface area (Å²) in [5, 5.41) is 0. The van der Waals surface area contributed by atoms with Crippen molar-refractivity contribution in [3.05, 3.63) is 119 Å². The van der Waals surface area contributed by atoms with Gasteiger partial charge >= 0.3 is 10.2 Å². The lowest BCUT2D eigenvalue weighted by Gasteiger charge is -2.39. The summed E-state index contributed by atoms with van der Waals surface area (Å²) in [6.45, 7) is 5.26. The summed E-state index contributed by atoms with van der Waals surface area (Å²) in [5.41, 5.74) is 7.89. The molecule has 3 aromatic rings. The Bertz CT molecular complexity index is 1680. The van der Waals surface area contributed by atoms with E-state index in [0.717, 1.165) is 11.1 Å². The van der Waals surface area contributed by atoms with Crippen LogP contribution in [-0.2, 0) is 34.5 Å². The smallest absolute Gasteiger partial charge is 0.326 e. The number of allylic oxidation sites excluding steroid dienone is 2. The van der Waals surface area contributed by atoms with Crippen molar-refractivity contribution in [1.29, 1.82) is 0 Å². The van der Waals surface area contributed by atoms with Crippen molar-refractivity contribution in [1.82, 2.24) is 15.6 Å². The molecule has 1 fully saturated rings. The maximum absolute atomic E-state index is 16.6. The zero-order valence-electron chi connectivity index (χ0n) is 23.7. The van der Waals surface area contributed by atoms with Crippen molar-refractivity contribution in [2.45, 2.75) is 44.8 Å². The first-order valence-electron chi connectivity index (χ1n) is 13.9. The molecule has 2 aliphatic rings. The Balaban J connectivity index is 1.52. The highest BCUT2D eigenvalue weighted by molar-refractivity contribution is 7.92. The van der Waals surface area contributed by atoms with Gasteiger partial charge in [-0.1, -0.05) is 72.8 Å². The van der Waals surface area contributed by atoms with Gasteiger partial charge in [0.05, 0.1) is 0 Å². The van der Waals surface area contributed by atoms with E-state index in [0.29, 0.717) is 34.7 Å². The van der Waals surface area contributed by atoms with Crippen molar-refractivity contribution in [3.63, 3.8) is 0 Å². The topological polar surface area (TPSA) is 117 Å². The number of amides is 2. The third-order valence-electron chi connectivity index (χ3n) is 7.48. The maximum atomic E-state index is 16.6. The van der Waals surface area contributed by atoms with Crippen molar-refractivity contribution >= 4 is 27.7 Å². The van der Waals surface area contributed by atoms with Gasteiger partial charge in [-0.25, -0.2) is 18.8 Å². The van der Waals surface area contributed by atoms with Crippen LogP contribution < -0.4 is 24.6 Å². The fourth-order valence-electron chi connectivity index (χ4n) is 5.31. The predicted molar refractivity (Wildman–Crippen MR) is 162 cm³/mol. The molecule has 9 nitrogen and oxygen atoms in total. The third kappa shape index (κ3) is 6.79. The summed E-state index contributed by atoms with van der Waals surface area (Å²) in [4.78, 5) is 25.0. The number of fused-ring (bicyclic) bond motifs is 1. The lowest BCUT2D eigenvalue weighted by Crippen LogP contribution is -2.57. The molecule has 0 spiro atoms. The van der Waals surface area contributed by atoms with Gasteiger partial charge in [-0.05, 0) is 67.5 Å². The maximum Gasteiger partial charge on any atom is 0.326 e. The van der Waals surface area contributed by atoms with E-state index in [1.165, 1.54) is 0 Å². The van der Waals surface area contributed by atoms with Crippen LogP contribution in [-0.4, -0.2) is 32.3 Å². The second-order valence-electron chi connectivity index (χ2n) is 10.8. The van der Waals surface area contributed by atoms with Gasteiger partial charge in [-0.15, -0.1) is 0 Å². The van der Waals surface area contributed by atoms with E-state index in [2.05, 4.69) is 17.4 Å². The SMILES string of the molecule is C=C(C)/C=C/CC1(NNC(=O)c2ccccc2)CCc2cc(OCc3ccccc3)c(N3CC(=O)NS3(=O)=O)c(F)c2C1. The first-order chi connectivity index (χ1) is 20.6. The largest absolute Gasteiger partial charge is 0.487 e. The highest BCUT2D eigenvalue weighted by Crippen LogP contribution is 2.43. The van der Waals surface area contributed by atoms with E-state index < -0.39 is 34.0 Å². The zero-order chi connectivity index (χ0) is 30.6. The summed E-state index contributed by atoms with van der Waals surface area (Å²) in [5.74, 6) is -1.87. The molecule has 5 rings (SSSR count). The Hall–Kier alpha value is -4.48. The number of nitrogens with zero attached hydrogens (tertiary/aromatic N) is 1. The monoisotopic (exact) mass is 604 g/mol. The Labute approximate surface area is 250 Å². The normalized spacial score (nSPS) is 19.1. The van der Waals surface area contributed by atoms with Crippen LogP contribution in [0.2, 0.25) is 0 Å². The average Bonchev–Trinajstić information content (AvgIpc) is 3.27. The minimum Gasteiger partial charge on any atom is -0.487 e. The number of ether oxygens (including phenoxy) is 1. The summed E-state index contributed by atoms with van der Waals surface area (Å²) < 4.78 is 51.0. The fraction of sp³-hybridized carbons (Fsp3) is 0.250. The average molecular weight is 605 g/mol. The molecular weight excluding hydrogens is 571 g/mol. The Morgan fingerprint density at radius 3 is 2.51 bits per heavy atom. The van der Waals surface area contributed by atoms with Crippen LogP contribution in [0, 0.1) is 5.82 Å². The van der Waals surface area contributed by atoms with Gasteiger partial charge in [0.25, 0.3) is 11.8 Å². The van der Waals surface area contributed by atoms with Gasteiger partial charge < -0.3 is 4.74 Å². The van der Waals surface area contributed by atoms with E-state index in [4.69, 9.17) is 4.74 Å². The van der Waals surface area contributed by atoms with E-state index >= 15 is 4.39 Å². The van der Waals surface area contributed by atoms with Crippen molar-refractivity contribution in [2.75, 3.05) is 10.8 Å². The molecule has 2 amide bonds. The highest BCUT2D eigenvalue weighted by atomic mass is 32.2. The summed E-state index contributed by atoms with van der Waals surface area (Å²) >= 11 is 0. The van der Waals surface area contributed by atoms with E-state index in [9.17, 15) is 18.0 Å². The predicted octanol–water partition coefficient (Wildman–Crippen LogP) is 4.27. The second-order valence-corrected chi connectivity index (χ2v) is 12.4. The molecule has 3 aromatic carbocycles. The van der Waals surface area contributed by atoms with E-state index in [1.807, 2.05) is 60.2 Å². The minimum absolute atomic E-state index is 0.0280. The molecule has 0 bridgehead atoms. The van der Waals surface area contributed by atoms with E-state index in [1.54, 1.807) is 30.3 Å². The van der Waals surface area contributed by atoms with Gasteiger partial charge in [-0.2, -0.15) is 8.42 Å². The highest BCUT2D eigenvalue weighted by Gasteiger charge is 2.42. The number of benzene rings is 3. The van der Waals surface area contributed by atoms with Crippen LogP contribution in [0.1, 0.15) is 46.8 Å². The number of hydrazine groups is 1. The standard InChI is InChI=1S/C32H33FN4O5S/c1-22(2)10-9-16-32(36-34-31(39)24-13-7-4-8-14-24)17-15-25-18-27(42-21-23-11-5-3-6-12-23)30(29(33)26(25)19-32)37-20-28(38)35-43(37,40)41/h3-14,18,36H,1,15-17,19-21H2,2H3,(H,34,39)(H,35,38)/b10-9+. The first-order valence-corrected chi connectivity index (χ1v) is 15.3. The van der Waals surface area contributed by atoms with E-state index in [-0.39, 0.29) is 35.9 Å². The number of hydrogen-bond acceptors (Lipinski definition) is 6. The molecule has 1 atom stereocenters. The molecule has 1 saturated heterocycles. The quantitative estimate of drug-likeness (QED) is 0.235. The van der Waals surface area contributed by atoms with Crippen LogP contribution in [0.4, 0.5) is 10.1 Å². The number of carbonyl (C=O) groups excluding carboxylic acids is 2. The summed E-state index contributed by atoms with van der Waals surface area (Å²) in [6.07, 6.45) is 5.29. The third-order valence-corrected chi connectivity index (χ3v) is 8.86. The Kier molecular flexibility index (Phi) is 8.65. The first kappa shape index (κ1) is 30.0. The number of anilines is 1. The second kappa shape index (κ2) is 12.4. The lowest BCUT2D eigenvalue weighted by atomic mass is 9.75. The van der Waals surface area contributed by atoms with Gasteiger partial charge in [0.15, 0.2) is 5.82 Å². The van der Waals surface area contributed by atoms with Crippen LogP contribution in [0.5, 0.6) is 5.75 Å². The zero-order valence-corrected chi connectivity index (χ0v) is 24.5. The molecule has 0 aromatic heterocycles. The molecule has 43 heavy (non-hydrogen) atoms. The Morgan fingerprint density at radius 1 is 1.16 bits per heavy atom. The molecule has 1 aliphatic heterocycles.